The number of piperidine rings is 1. The summed E-state index contributed by atoms with van der Waals surface area (Å²) in [4.78, 5) is 55.1. The molecule has 19 heteroatoms. The van der Waals surface area contributed by atoms with Gasteiger partial charge >= 0.3 is 5.97 Å². The van der Waals surface area contributed by atoms with Crippen LogP contribution in [0.3, 0.4) is 0 Å². The van der Waals surface area contributed by atoms with Gasteiger partial charge in [-0.25, -0.2) is 4.39 Å². The number of aromatic nitrogens is 7. The summed E-state index contributed by atoms with van der Waals surface area (Å²) in [5, 5.41) is 34.2. The van der Waals surface area contributed by atoms with Gasteiger partial charge in [0.25, 0.3) is 0 Å². The van der Waals surface area contributed by atoms with Gasteiger partial charge in [-0.3, -0.25) is 38.1 Å². The Kier molecular flexibility index (Phi) is 12.4. The van der Waals surface area contributed by atoms with E-state index in [1.807, 2.05) is 43.3 Å². The predicted molar refractivity (Wildman–Crippen MR) is 242 cm³/mol. The van der Waals surface area contributed by atoms with Crippen LogP contribution in [0.5, 0.6) is 0 Å². The third kappa shape index (κ3) is 8.74. The van der Waals surface area contributed by atoms with E-state index in [-0.39, 0.29) is 24.9 Å². The van der Waals surface area contributed by atoms with Crippen molar-refractivity contribution < 1.29 is 28.7 Å². The van der Waals surface area contributed by atoms with Gasteiger partial charge in [-0.05, 0) is 75.1 Å². The molecule has 4 aromatic heterocycles. The molecule has 0 aliphatic carbocycles. The number of halogens is 2. The Balaban J connectivity index is 0.000000204. The minimum Gasteiger partial charge on any atom is -0.480 e. The zero-order chi connectivity index (χ0) is 45.4. The van der Waals surface area contributed by atoms with Crippen molar-refractivity contribution in [1.82, 2.24) is 49.9 Å². The fraction of sp³-hybridized carbons (Fsp3) is 0.311. The van der Waals surface area contributed by atoms with E-state index in [9.17, 15) is 19.2 Å². The zero-order valence-electron chi connectivity index (χ0n) is 35.8. The molecule has 2 aliphatic rings. The van der Waals surface area contributed by atoms with Gasteiger partial charge in [-0.1, -0.05) is 35.9 Å². The number of carboxylic acid groups (broad SMARTS) is 1. The molecule has 3 aromatic carbocycles. The smallest absolute Gasteiger partial charge is 0.322 e. The van der Waals surface area contributed by atoms with Gasteiger partial charge in [-0.2, -0.15) is 10.2 Å². The second-order valence-electron chi connectivity index (χ2n) is 15.8. The van der Waals surface area contributed by atoms with Crippen LogP contribution < -0.4 is 10.6 Å². The third-order valence-corrected chi connectivity index (χ3v) is 13.1. The number of fused-ring (bicyclic) bond motifs is 5. The monoisotopic (exact) mass is 905 g/mol. The van der Waals surface area contributed by atoms with Crippen LogP contribution in [-0.2, 0) is 39.3 Å². The van der Waals surface area contributed by atoms with Gasteiger partial charge in [0.05, 0.1) is 35.2 Å². The van der Waals surface area contributed by atoms with Crippen molar-refractivity contribution in [3.05, 3.63) is 111 Å². The highest BCUT2D eigenvalue weighted by molar-refractivity contribution is 7.15. The molecule has 9 rings (SSSR count). The summed E-state index contributed by atoms with van der Waals surface area (Å²) in [5.74, 6) is -0.960. The number of aliphatic imine (C=N–C) groups is 1. The molecule has 64 heavy (non-hydrogen) atoms. The van der Waals surface area contributed by atoms with Crippen LogP contribution >= 0.6 is 22.9 Å². The third-order valence-electron chi connectivity index (χ3n) is 11.6. The van der Waals surface area contributed by atoms with E-state index in [2.05, 4.69) is 44.3 Å². The van der Waals surface area contributed by atoms with Crippen LogP contribution in [0.15, 0.2) is 65.8 Å². The summed E-state index contributed by atoms with van der Waals surface area (Å²) in [5.41, 5.74) is 7.65. The van der Waals surface area contributed by atoms with E-state index in [0.717, 1.165) is 49.5 Å². The fourth-order valence-corrected chi connectivity index (χ4v) is 9.58. The Bertz CT molecular complexity index is 3000. The van der Waals surface area contributed by atoms with Crippen LogP contribution in [0.4, 0.5) is 4.39 Å². The molecule has 2 aliphatic heterocycles. The normalized spacial score (nSPS) is 13.7. The van der Waals surface area contributed by atoms with Crippen LogP contribution in [0.25, 0.3) is 37.9 Å². The fourth-order valence-electron chi connectivity index (χ4n) is 8.23. The molecule has 7 aromatic rings. The largest absolute Gasteiger partial charge is 0.480 e. The number of thiophene rings is 1. The molecule has 0 spiro atoms. The Morgan fingerprint density at radius 3 is 2.39 bits per heavy atom. The van der Waals surface area contributed by atoms with E-state index in [1.165, 1.54) is 26.8 Å². The molecule has 0 radical (unpaired) electrons. The number of hydrogen-bond donors (Lipinski definition) is 3. The van der Waals surface area contributed by atoms with Gasteiger partial charge in [0, 0.05) is 70.3 Å². The van der Waals surface area contributed by atoms with Crippen molar-refractivity contribution >= 4 is 74.1 Å². The number of aryl methyl sites for hydroxylation is 3. The number of rotatable bonds is 9. The standard InChI is InChI=1S/C28H30FN7O5.C17H15ClN4S/c1-16(37)35-8-6-17(7-9-35)28-27-19(20-11-23-18(10-21(20)29)12-32-34(23)2)4-3-5-22(27)36(33-28)15-25(39)30-13-24(38)31-14-26(40)41;1-9-10(2)23-17-15(9)16(12-4-6-13(18)7-5-12)19-8-14-21-20-11(3)22(14)17/h3-5,10-12,17H,6-9,13-15H2,1-2H3,(H,30,39)(H,31,38)(H,40,41);4-7H,8H2,1-3H3. The second-order valence-corrected chi connectivity index (χ2v) is 17.4. The van der Waals surface area contributed by atoms with Crippen LogP contribution in [0.1, 0.15) is 64.6 Å². The number of carbonyl (C=O) groups is 4. The lowest BCUT2D eigenvalue weighted by Crippen LogP contribution is -2.40. The molecule has 3 N–H and O–H groups in total. The van der Waals surface area contributed by atoms with Crippen LogP contribution in [-0.4, -0.2) is 99.9 Å². The van der Waals surface area contributed by atoms with E-state index in [0.29, 0.717) is 54.5 Å². The predicted octanol–water partition coefficient (Wildman–Crippen LogP) is 6.03. The first-order valence-electron chi connectivity index (χ1n) is 20.6. The van der Waals surface area contributed by atoms with E-state index in [4.69, 9.17) is 26.8 Å². The van der Waals surface area contributed by atoms with Gasteiger partial charge in [0.15, 0.2) is 5.82 Å². The van der Waals surface area contributed by atoms with Crippen molar-refractivity contribution in [2.45, 2.75) is 59.5 Å². The lowest BCUT2D eigenvalue weighted by molar-refractivity contribution is -0.137. The van der Waals surface area contributed by atoms with Crippen LogP contribution in [0, 0.1) is 26.6 Å². The van der Waals surface area contributed by atoms with Crippen molar-refractivity contribution in [1.29, 1.82) is 0 Å². The van der Waals surface area contributed by atoms with Gasteiger partial charge in [0.2, 0.25) is 17.7 Å². The molecule has 1 saturated heterocycles. The Hall–Kier alpha value is -6.79. The topological polar surface area (TPSA) is 195 Å². The molecular formula is C45H45ClFN11O5S. The number of nitrogens with zero attached hydrogens (tertiary/aromatic N) is 9. The van der Waals surface area contributed by atoms with E-state index < -0.39 is 30.1 Å². The average molecular weight is 906 g/mol. The minimum atomic E-state index is -1.19. The first kappa shape index (κ1) is 43.8. The quantitative estimate of drug-likeness (QED) is 0.155. The molecule has 0 saturated carbocycles. The summed E-state index contributed by atoms with van der Waals surface area (Å²) in [6.45, 7) is 8.35. The molecule has 16 nitrogen and oxygen atoms in total. The molecule has 3 amide bonds. The van der Waals surface area contributed by atoms with Crippen molar-refractivity contribution in [3.63, 3.8) is 0 Å². The van der Waals surface area contributed by atoms with Crippen molar-refractivity contribution in [2.75, 3.05) is 26.2 Å². The molecule has 6 heterocycles. The average Bonchev–Trinajstić information content (AvgIpc) is 3.99. The highest BCUT2D eigenvalue weighted by atomic mass is 35.5. The molecule has 0 atom stereocenters. The molecule has 0 bridgehead atoms. The first-order chi connectivity index (χ1) is 30.7. The second kappa shape index (κ2) is 18.1. The number of benzene rings is 3. The number of hydrogen-bond acceptors (Lipinski definition) is 10. The number of likely N-dealkylation sites (tertiary alicyclic amines) is 1. The summed E-state index contributed by atoms with van der Waals surface area (Å²) < 4.78 is 20.9. The van der Waals surface area contributed by atoms with Crippen LogP contribution in [0.2, 0.25) is 5.02 Å². The summed E-state index contributed by atoms with van der Waals surface area (Å²) in [6.07, 6.45) is 2.94. The first-order valence-corrected chi connectivity index (χ1v) is 21.8. The summed E-state index contributed by atoms with van der Waals surface area (Å²) in [7, 11) is 1.79. The zero-order valence-corrected chi connectivity index (χ0v) is 37.3. The maximum Gasteiger partial charge on any atom is 0.322 e. The number of aliphatic carboxylic acids is 1. The molecular weight excluding hydrogens is 861 g/mol. The number of amides is 3. The maximum atomic E-state index is 15.5. The summed E-state index contributed by atoms with van der Waals surface area (Å²) >= 11 is 7.80. The van der Waals surface area contributed by atoms with Gasteiger partial charge in [-0.15, -0.1) is 21.5 Å². The van der Waals surface area contributed by atoms with E-state index in [1.54, 1.807) is 53.2 Å². The number of carboxylic acids is 1. The van der Waals surface area contributed by atoms with Crippen molar-refractivity contribution in [3.8, 4) is 16.1 Å². The maximum absolute atomic E-state index is 15.5. The van der Waals surface area contributed by atoms with Gasteiger partial charge in [0.1, 0.15) is 36.3 Å². The highest BCUT2D eigenvalue weighted by Crippen LogP contribution is 2.40. The van der Waals surface area contributed by atoms with E-state index >= 15 is 4.39 Å². The highest BCUT2D eigenvalue weighted by Gasteiger charge is 2.30. The number of nitrogens with one attached hydrogen (secondary N) is 2. The molecule has 330 valence electrons. The molecule has 0 unspecified atom stereocenters. The molecule has 1 fully saturated rings. The Labute approximate surface area is 375 Å². The van der Waals surface area contributed by atoms with Gasteiger partial charge < -0.3 is 20.6 Å². The summed E-state index contributed by atoms with van der Waals surface area (Å²) in [6, 6.07) is 16.5. The Morgan fingerprint density at radius 1 is 0.938 bits per heavy atom. The van der Waals surface area contributed by atoms with Crippen molar-refractivity contribution in [2.24, 2.45) is 12.0 Å². The Morgan fingerprint density at radius 2 is 1.67 bits per heavy atom. The lowest BCUT2D eigenvalue weighted by atomic mass is 9.89. The minimum absolute atomic E-state index is 0.00939. The SMILES string of the molecule is CC(=O)N1CCC(c2nn(CC(=O)NCC(=O)NCC(=O)O)c3cccc(-c4cc5c(cnn5C)cc4F)c23)CC1.Cc1sc2c(c1C)C(c1ccc(Cl)cc1)=NCc1nnc(C)n1-2. The lowest BCUT2D eigenvalue weighted by Gasteiger charge is -2.30. The number of carbonyl (C=O) groups excluding carboxylic acids is 3.